The van der Waals surface area contributed by atoms with E-state index in [1.165, 1.54) is 35.6 Å². The van der Waals surface area contributed by atoms with Gasteiger partial charge in [0.05, 0.1) is 28.5 Å². The van der Waals surface area contributed by atoms with Gasteiger partial charge in [0.2, 0.25) is 0 Å². The van der Waals surface area contributed by atoms with Gasteiger partial charge in [0.15, 0.2) is 11.4 Å². The number of carbonyl (C=O) groups is 3. The number of nitrogens with zero attached hydrogens (tertiary/aromatic N) is 1. The predicted molar refractivity (Wildman–Crippen MR) is 223 cm³/mol. The number of rotatable bonds is 8. The molecule has 10 atom stereocenters. The fraction of sp³-hybridized carbons (Fsp3) is 0.571. The van der Waals surface area contributed by atoms with Crippen molar-refractivity contribution in [2.45, 2.75) is 123 Å². The Morgan fingerprint density at radius 1 is 0.902 bits per heavy atom. The number of aliphatic hydroxyl groups is 2. The van der Waals surface area contributed by atoms with Crippen LogP contribution >= 0.6 is 11.3 Å². The Morgan fingerprint density at radius 3 is 2.26 bits per heavy atom. The largest absolute Gasteiger partial charge is 0.573 e. The van der Waals surface area contributed by atoms with Crippen molar-refractivity contribution in [2.24, 2.45) is 44.3 Å². The SMILES string of the molecule is CC12CCC(C(=O)N(Cc3ccc(OC(F)(F)F)cc3)CC3(O)CCC4C56C=CC7(C=C5C(=O)c5cc8ccccc8s5)CC(O)CCC7(C)C6CCC43C)(OC1=O)C2(C)C. The van der Waals surface area contributed by atoms with Crippen LogP contribution in [0.2, 0.25) is 0 Å². The summed E-state index contributed by atoms with van der Waals surface area (Å²) in [4.78, 5) is 46.2. The van der Waals surface area contributed by atoms with Crippen molar-refractivity contribution in [1.29, 1.82) is 0 Å². The second-order valence-electron chi connectivity index (χ2n) is 20.8. The smallest absolute Gasteiger partial charge is 0.448 e. The highest BCUT2D eigenvalue weighted by molar-refractivity contribution is 7.21. The minimum absolute atomic E-state index is 0.0138. The lowest BCUT2D eigenvalue weighted by atomic mass is 9.32. The number of carbonyl (C=O) groups excluding carboxylic acids is 3. The molecule has 1 amide bonds. The highest BCUT2D eigenvalue weighted by atomic mass is 32.1. The molecular formula is C49H54F3NO7S. The molecule has 324 valence electrons. The lowest BCUT2D eigenvalue weighted by Crippen LogP contribution is -2.67. The second-order valence-corrected chi connectivity index (χ2v) is 21.9. The lowest BCUT2D eigenvalue weighted by Gasteiger charge is -2.71. The summed E-state index contributed by atoms with van der Waals surface area (Å²) in [6.45, 7) is 9.91. The summed E-state index contributed by atoms with van der Waals surface area (Å²) < 4.78 is 50.5. The second kappa shape index (κ2) is 12.8. The molecule has 8 aliphatic rings. The van der Waals surface area contributed by atoms with Gasteiger partial charge in [0.25, 0.3) is 5.91 Å². The van der Waals surface area contributed by atoms with Crippen LogP contribution in [0.3, 0.4) is 0 Å². The van der Waals surface area contributed by atoms with E-state index in [1.54, 1.807) is 4.90 Å². The number of hydrogen-bond donors (Lipinski definition) is 2. The van der Waals surface area contributed by atoms with E-state index in [0.29, 0.717) is 55.4 Å². The number of Topliss-reactive ketones (excluding diaryl/α,β-unsaturated/α-hetero) is 1. The number of ether oxygens (including phenoxy) is 2. The van der Waals surface area contributed by atoms with E-state index < -0.39 is 68.4 Å². The number of hydrogen-bond acceptors (Lipinski definition) is 8. The number of allylic oxidation sites excluding steroid dienone is 4. The Hall–Kier alpha value is -4.00. The van der Waals surface area contributed by atoms with E-state index in [2.05, 4.69) is 36.8 Å². The number of amides is 1. The van der Waals surface area contributed by atoms with Crippen LogP contribution in [-0.4, -0.2) is 63.0 Å². The zero-order valence-corrected chi connectivity index (χ0v) is 36.2. The first-order valence-electron chi connectivity index (χ1n) is 21.8. The van der Waals surface area contributed by atoms with Gasteiger partial charge in [-0.3, -0.25) is 14.4 Å². The van der Waals surface area contributed by atoms with Gasteiger partial charge in [-0.15, -0.1) is 24.5 Å². The first-order chi connectivity index (χ1) is 28.6. The summed E-state index contributed by atoms with van der Waals surface area (Å²) in [5.41, 5.74) is -5.67. The fourth-order valence-corrected chi connectivity index (χ4v) is 15.4. The first-order valence-corrected chi connectivity index (χ1v) is 22.6. The number of benzene rings is 2. The summed E-state index contributed by atoms with van der Waals surface area (Å²) >= 11 is 1.49. The van der Waals surface area contributed by atoms with Crippen molar-refractivity contribution >= 4 is 39.1 Å². The summed E-state index contributed by atoms with van der Waals surface area (Å²) in [6, 6.07) is 15.4. The van der Waals surface area contributed by atoms with Crippen LogP contribution in [-0.2, 0) is 20.9 Å². The van der Waals surface area contributed by atoms with Crippen LogP contribution in [0.25, 0.3) is 10.1 Å². The molecule has 8 nitrogen and oxygen atoms in total. The zero-order chi connectivity index (χ0) is 43.4. The zero-order valence-electron chi connectivity index (χ0n) is 35.4. The molecule has 2 spiro atoms. The average molecular weight is 858 g/mol. The van der Waals surface area contributed by atoms with E-state index in [9.17, 15) is 28.2 Å². The number of ketones is 1. The molecule has 2 heterocycles. The summed E-state index contributed by atoms with van der Waals surface area (Å²) in [5, 5.41) is 25.6. The van der Waals surface area contributed by atoms with Crippen LogP contribution in [0.5, 0.6) is 5.75 Å². The number of thiophene rings is 1. The molecule has 12 heteroatoms. The predicted octanol–water partition coefficient (Wildman–Crippen LogP) is 9.72. The van der Waals surface area contributed by atoms with Crippen LogP contribution < -0.4 is 4.74 Å². The molecule has 1 aromatic heterocycles. The molecule has 3 aromatic rings. The third-order valence-corrected chi connectivity index (χ3v) is 19.4. The number of aliphatic hydroxyl groups excluding tert-OH is 1. The van der Waals surface area contributed by atoms with Gasteiger partial charge in [-0.05, 0) is 117 Å². The molecule has 10 unspecified atom stereocenters. The Balaban J connectivity index is 1.05. The Morgan fingerprint density at radius 2 is 1.59 bits per heavy atom. The van der Waals surface area contributed by atoms with Crippen molar-refractivity contribution in [3.8, 4) is 5.75 Å². The van der Waals surface area contributed by atoms with Gasteiger partial charge >= 0.3 is 12.3 Å². The molecule has 1 saturated heterocycles. The molecule has 7 aliphatic carbocycles. The Bertz CT molecular complexity index is 2410. The maximum Gasteiger partial charge on any atom is 0.573 e. The first kappa shape index (κ1) is 41.0. The van der Waals surface area contributed by atoms with E-state index in [-0.39, 0.29) is 36.1 Å². The van der Waals surface area contributed by atoms with Crippen molar-refractivity contribution in [3.63, 3.8) is 0 Å². The fourth-order valence-electron chi connectivity index (χ4n) is 14.3. The Labute approximate surface area is 358 Å². The maximum atomic E-state index is 15.3. The number of alkyl halides is 3. The van der Waals surface area contributed by atoms with Gasteiger partial charge in [0.1, 0.15) is 5.75 Å². The van der Waals surface area contributed by atoms with Gasteiger partial charge in [-0.2, -0.15) is 0 Å². The van der Waals surface area contributed by atoms with Crippen LogP contribution in [0.15, 0.2) is 78.4 Å². The van der Waals surface area contributed by atoms with Crippen LogP contribution in [0.1, 0.15) is 108 Å². The third kappa shape index (κ3) is 5.27. The van der Waals surface area contributed by atoms with E-state index in [0.717, 1.165) is 28.5 Å². The standard InChI is InChI=1S/C49H54F3NO7S/c1-41(2)44(5)20-23-48(41,60-40(44)57)39(56)53(27-29-10-12-32(13-11-29)59-49(50,51)52)28-46(58)19-16-37-43(46,4)18-15-36-42(3)17-14-31(54)25-45(42)21-22-47(36,37)33(26-45)38(55)35-24-30-8-6-7-9-34(30)61-35/h6-13,21-22,24,26,31,36-37,54,58H,14-20,23,25,27-28H2,1-5H3. The van der Waals surface area contributed by atoms with Crippen molar-refractivity contribution in [3.05, 3.63) is 88.8 Å². The summed E-state index contributed by atoms with van der Waals surface area (Å²) in [5.74, 6) is -1.38. The summed E-state index contributed by atoms with van der Waals surface area (Å²) in [7, 11) is 0. The molecule has 2 N–H and O–H groups in total. The van der Waals surface area contributed by atoms with Gasteiger partial charge in [0, 0.05) is 38.5 Å². The number of halogens is 3. The van der Waals surface area contributed by atoms with Crippen molar-refractivity contribution < 1.29 is 47.2 Å². The monoisotopic (exact) mass is 857 g/mol. The number of fused-ring (bicyclic) bond motifs is 4. The van der Waals surface area contributed by atoms with Crippen molar-refractivity contribution in [2.75, 3.05) is 6.54 Å². The average Bonchev–Trinajstić information content (AvgIpc) is 3.86. The molecule has 4 saturated carbocycles. The van der Waals surface area contributed by atoms with Crippen molar-refractivity contribution in [1.82, 2.24) is 4.90 Å². The Kier molecular flexibility index (Phi) is 8.62. The molecule has 61 heavy (non-hydrogen) atoms. The molecule has 1 aliphatic heterocycles. The van der Waals surface area contributed by atoms with Gasteiger partial charge in [-0.25, -0.2) is 0 Å². The molecular weight excluding hydrogens is 804 g/mol. The highest BCUT2D eigenvalue weighted by Gasteiger charge is 2.78. The molecule has 5 fully saturated rings. The van der Waals surface area contributed by atoms with Crippen LogP contribution in [0.4, 0.5) is 13.2 Å². The van der Waals surface area contributed by atoms with E-state index in [4.69, 9.17) is 4.74 Å². The minimum atomic E-state index is -4.87. The molecule has 11 rings (SSSR count). The quantitative estimate of drug-likeness (QED) is 0.132. The topological polar surface area (TPSA) is 113 Å². The van der Waals surface area contributed by atoms with E-state index in [1.807, 2.05) is 51.1 Å². The maximum absolute atomic E-state index is 15.3. The minimum Gasteiger partial charge on any atom is -0.448 e. The molecule has 0 radical (unpaired) electrons. The third-order valence-electron chi connectivity index (χ3n) is 18.3. The molecule has 4 bridgehead atoms. The highest BCUT2D eigenvalue weighted by Crippen LogP contribution is 2.78. The lowest BCUT2D eigenvalue weighted by molar-refractivity contribution is -0.274. The molecule has 2 aromatic carbocycles. The number of esters is 1. The van der Waals surface area contributed by atoms with Gasteiger partial charge < -0.3 is 24.6 Å². The van der Waals surface area contributed by atoms with E-state index >= 15 is 9.59 Å². The van der Waals surface area contributed by atoms with Crippen LogP contribution in [0, 0.1) is 44.3 Å². The summed E-state index contributed by atoms with van der Waals surface area (Å²) in [6.07, 6.45) is 6.51. The normalized spacial score (nSPS) is 40.3. The van der Waals surface area contributed by atoms with Gasteiger partial charge in [-0.1, -0.05) is 76.3 Å².